The monoisotopic (exact) mass is 170 g/mol. The Morgan fingerprint density at radius 3 is 2.83 bits per heavy atom. The average Bonchev–Trinajstić information content (AvgIpc) is 2.45. The molecule has 70 valence electrons. The highest BCUT2D eigenvalue weighted by Gasteiger charge is 2.06. The quantitative estimate of drug-likeness (QED) is 0.574. The number of rotatable bonds is 5. The van der Waals surface area contributed by atoms with Crippen LogP contribution < -0.4 is 0 Å². The van der Waals surface area contributed by atoms with Crippen LogP contribution in [0.25, 0.3) is 0 Å². The van der Waals surface area contributed by atoms with E-state index in [0.717, 1.165) is 32.8 Å². The van der Waals surface area contributed by atoms with E-state index in [2.05, 4.69) is 29.2 Å². The first kappa shape index (κ1) is 9.39. The van der Waals surface area contributed by atoms with Crippen LogP contribution in [0.15, 0.2) is 12.4 Å². The lowest BCUT2D eigenvalue weighted by Crippen LogP contribution is -2.23. The molecule has 1 rings (SSSR count). The molecule has 1 heterocycles. The molecule has 12 heavy (non-hydrogen) atoms. The van der Waals surface area contributed by atoms with Crippen molar-refractivity contribution in [2.75, 3.05) is 33.5 Å². The second-order valence-corrected chi connectivity index (χ2v) is 3.06. The second kappa shape index (κ2) is 5.04. The Kier molecular flexibility index (Phi) is 3.94. The third-order valence-electron chi connectivity index (χ3n) is 1.87. The Bertz CT molecular complexity index is 147. The van der Waals surface area contributed by atoms with Gasteiger partial charge in [-0.3, -0.25) is 0 Å². The third kappa shape index (κ3) is 3.13. The molecular weight excluding hydrogens is 152 g/mol. The standard InChI is InChI=1S/C9H18N2O/c1-3-12-8-4-5-11-7-6-10(2)9-11/h6-7H,3-5,8-9H2,1-2H3. The Morgan fingerprint density at radius 1 is 1.42 bits per heavy atom. The summed E-state index contributed by atoms with van der Waals surface area (Å²) in [5.41, 5.74) is 0. The van der Waals surface area contributed by atoms with Crippen LogP contribution >= 0.6 is 0 Å². The molecule has 1 aliphatic heterocycles. The molecule has 0 aliphatic carbocycles. The molecule has 3 nitrogen and oxygen atoms in total. The van der Waals surface area contributed by atoms with Crippen molar-refractivity contribution >= 4 is 0 Å². The van der Waals surface area contributed by atoms with Crippen LogP contribution in [0.4, 0.5) is 0 Å². The van der Waals surface area contributed by atoms with Crippen LogP contribution in [0.1, 0.15) is 13.3 Å². The van der Waals surface area contributed by atoms with E-state index >= 15 is 0 Å². The molecule has 0 atom stereocenters. The van der Waals surface area contributed by atoms with Crippen LogP contribution in [-0.4, -0.2) is 43.3 Å². The highest BCUT2D eigenvalue weighted by atomic mass is 16.5. The molecule has 0 aromatic rings. The maximum absolute atomic E-state index is 5.26. The maximum atomic E-state index is 5.26. The largest absolute Gasteiger partial charge is 0.382 e. The van der Waals surface area contributed by atoms with E-state index in [-0.39, 0.29) is 0 Å². The highest BCUT2D eigenvalue weighted by molar-refractivity contribution is 4.88. The normalized spacial score (nSPS) is 16.2. The lowest BCUT2D eigenvalue weighted by molar-refractivity contribution is 0.136. The van der Waals surface area contributed by atoms with Crippen molar-refractivity contribution in [2.24, 2.45) is 0 Å². The molecule has 0 unspecified atom stereocenters. The summed E-state index contributed by atoms with van der Waals surface area (Å²) in [7, 11) is 2.08. The summed E-state index contributed by atoms with van der Waals surface area (Å²) < 4.78 is 5.26. The molecule has 0 amide bonds. The van der Waals surface area contributed by atoms with E-state index in [9.17, 15) is 0 Å². The van der Waals surface area contributed by atoms with Gasteiger partial charge in [0.15, 0.2) is 0 Å². The van der Waals surface area contributed by atoms with Crippen molar-refractivity contribution in [3.63, 3.8) is 0 Å². The minimum absolute atomic E-state index is 0.829. The molecule has 0 bridgehead atoms. The van der Waals surface area contributed by atoms with E-state index in [1.165, 1.54) is 0 Å². The first-order valence-electron chi connectivity index (χ1n) is 4.53. The lowest BCUT2D eigenvalue weighted by atomic mass is 10.4. The first-order valence-corrected chi connectivity index (χ1v) is 4.53. The Morgan fingerprint density at radius 2 is 2.25 bits per heavy atom. The topological polar surface area (TPSA) is 15.7 Å². The SMILES string of the molecule is CCOCCCN1C=CN(C)C1. The first-order chi connectivity index (χ1) is 5.83. The molecular formula is C9H18N2O. The van der Waals surface area contributed by atoms with Crippen LogP contribution in [0.2, 0.25) is 0 Å². The van der Waals surface area contributed by atoms with Gasteiger partial charge in [0.05, 0.1) is 6.67 Å². The fourth-order valence-corrected chi connectivity index (χ4v) is 1.25. The third-order valence-corrected chi connectivity index (χ3v) is 1.87. The Balaban J connectivity index is 1.98. The van der Waals surface area contributed by atoms with E-state index in [4.69, 9.17) is 4.74 Å². The molecule has 0 spiro atoms. The number of hydrogen-bond donors (Lipinski definition) is 0. The average molecular weight is 170 g/mol. The van der Waals surface area contributed by atoms with Crippen molar-refractivity contribution in [3.8, 4) is 0 Å². The Hall–Kier alpha value is -0.700. The molecule has 1 aliphatic rings. The minimum Gasteiger partial charge on any atom is -0.382 e. The van der Waals surface area contributed by atoms with Crippen LogP contribution in [0, 0.1) is 0 Å². The summed E-state index contributed by atoms with van der Waals surface area (Å²) >= 11 is 0. The van der Waals surface area contributed by atoms with E-state index in [1.54, 1.807) is 0 Å². The molecule has 0 saturated carbocycles. The zero-order valence-corrected chi connectivity index (χ0v) is 7.99. The molecule has 0 radical (unpaired) electrons. The molecule has 0 fully saturated rings. The van der Waals surface area contributed by atoms with Crippen molar-refractivity contribution < 1.29 is 4.74 Å². The van der Waals surface area contributed by atoms with E-state index in [1.807, 2.05) is 6.92 Å². The molecule has 0 saturated heterocycles. The fraction of sp³-hybridized carbons (Fsp3) is 0.778. The molecule has 3 heteroatoms. The molecule has 0 aromatic carbocycles. The van der Waals surface area contributed by atoms with Crippen LogP contribution in [-0.2, 0) is 4.74 Å². The smallest absolute Gasteiger partial charge is 0.0890 e. The van der Waals surface area contributed by atoms with Gasteiger partial charge in [0, 0.05) is 39.2 Å². The highest BCUT2D eigenvalue weighted by Crippen LogP contribution is 2.03. The van der Waals surface area contributed by atoms with Gasteiger partial charge in [0.25, 0.3) is 0 Å². The Labute approximate surface area is 74.6 Å². The summed E-state index contributed by atoms with van der Waals surface area (Å²) in [5.74, 6) is 0. The van der Waals surface area contributed by atoms with Crippen molar-refractivity contribution in [1.82, 2.24) is 9.80 Å². The number of ether oxygens (including phenoxy) is 1. The van der Waals surface area contributed by atoms with Gasteiger partial charge >= 0.3 is 0 Å². The van der Waals surface area contributed by atoms with E-state index in [0.29, 0.717) is 0 Å². The van der Waals surface area contributed by atoms with Gasteiger partial charge in [-0.25, -0.2) is 0 Å². The van der Waals surface area contributed by atoms with Crippen molar-refractivity contribution in [2.45, 2.75) is 13.3 Å². The summed E-state index contributed by atoms with van der Waals surface area (Å²) in [6, 6.07) is 0. The van der Waals surface area contributed by atoms with Gasteiger partial charge < -0.3 is 14.5 Å². The maximum Gasteiger partial charge on any atom is 0.0890 e. The number of nitrogens with zero attached hydrogens (tertiary/aromatic N) is 2. The van der Waals surface area contributed by atoms with Gasteiger partial charge in [-0.15, -0.1) is 0 Å². The van der Waals surface area contributed by atoms with Crippen LogP contribution in [0.5, 0.6) is 0 Å². The predicted octanol–water partition coefficient (Wildman–Crippen LogP) is 1.09. The lowest BCUT2D eigenvalue weighted by Gasteiger charge is -2.17. The van der Waals surface area contributed by atoms with Gasteiger partial charge in [-0.2, -0.15) is 0 Å². The summed E-state index contributed by atoms with van der Waals surface area (Å²) in [5, 5.41) is 0. The van der Waals surface area contributed by atoms with Crippen molar-refractivity contribution in [1.29, 1.82) is 0 Å². The zero-order chi connectivity index (χ0) is 8.81. The van der Waals surface area contributed by atoms with Gasteiger partial charge in [0.1, 0.15) is 0 Å². The summed E-state index contributed by atoms with van der Waals surface area (Å²) in [4.78, 5) is 4.46. The zero-order valence-electron chi connectivity index (χ0n) is 7.99. The van der Waals surface area contributed by atoms with Crippen molar-refractivity contribution in [3.05, 3.63) is 12.4 Å². The second-order valence-electron chi connectivity index (χ2n) is 3.06. The summed E-state index contributed by atoms with van der Waals surface area (Å²) in [6.07, 6.45) is 5.35. The fourth-order valence-electron chi connectivity index (χ4n) is 1.25. The predicted molar refractivity (Wildman–Crippen MR) is 49.6 cm³/mol. The molecule has 0 aromatic heterocycles. The van der Waals surface area contributed by atoms with Crippen LogP contribution in [0.3, 0.4) is 0 Å². The van der Waals surface area contributed by atoms with E-state index < -0.39 is 0 Å². The minimum atomic E-state index is 0.829. The summed E-state index contributed by atoms with van der Waals surface area (Å²) in [6.45, 7) is 5.86. The molecule has 0 N–H and O–H groups in total. The van der Waals surface area contributed by atoms with Gasteiger partial charge in [-0.1, -0.05) is 0 Å². The van der Waals surface area contributed by atoms with Gasteiger partial charge in [0.2, 0.25) is 0 Å². The number of hydrogen-bond acceptors (Lipinski definition) is 3. The van der Waals surface area contributed by atoms with Gasteiger partial charge in [-0.05, 0) is 13.3 Å².